The van der Waals surface area contributed by atoms with E-state index in [2.05, 4.69) is 15.0 Å². The van der Waals surface area contributed by atoms with Gasteiger partial charge in [0.25, 0.3) is 10.0 Å². The molecule has 0 radical (unpaired) electrons. The number of halogens is 2. The zero-order valence-electron chi connectivity index (χ0n) is 16.8. The number of anilines is 2. The van der Waals surface area contributed by atoms with Crippen LogP contribution in [0.3, 0.4) is 0 Å². The Labute approximate surface area is 182 Å². The van der Waals surface area contributed by atoms with Gasteiger partial charge in [-0.25, -0.2) is 27.0 Å². The summed E-state index contributed by atoms with van der Waals surface area (Å²) in [6.07, 6.45) is 1.43. The van der Waals surface area contributed by atoms with Crippen molar-refractivity contribution in [1.29, 1.82) is 0 Å². The van der Waals surface area contributed by atoms with Crippen LogP contribution in [0.5, 0.6) is 11.5 Å². The third-order valence-corrected chi connectivity index (χ3v) is 6.18. The van der Waals surface area contributed by atoms with Crippen LogP contribution >= 0.6 is 0 Å². The smallest absolute Gasteiger partial charge is 0.323 e. The summed E-state index contributed by atoms with van der Waals surface area (Å²) in [6.45, 7) is 2.54. The maximum Gasteiger partial charge on any atom is 0.323 e. The summed E-state index contributed by atoms with van der Waals surface area (Å²) in [6, 6.07) is 9.12. The molecule has 8 nitrogen and oxygen atoms in total. The van der Waals surface area contributed by atoms with E-state index in [-0.39, 0.29) is 28.9 Å². The number of nitrogens with zero attached hydrogens (tertiary/aromatic N) is 2. The van der Waals surface area contributed by atoms with Gasteiger partial charge in [-0.05, 0) is 49.4 Å². The van der Waals surface area contributed by atoms with E-state index in [4.69, 9.17) is 4.74 Å². The molecule has 2 heterocycles. The summed E-state index contributed by atoms with van der Waals surface area (Å²) in [4.78, 5) is 17.5. The predicted molar refractivity (Wildman–Crippen MR) is 113 cm³/mol. The second-order valence-electron chi connectivity index (χ2n) is 6.89. The van der Waals surface area contributed by atoms with Crippen molar-refractivity contribution >= 4 is 27.6 Å². The fraction of sp³-hybridized carbons (Fsp3) is 0.143. The molecule has 0 saturated carbocycles. The van der Waals surface area contributed by atoms with Crippen LogP contribution in [-0.4, -0.2) is 30.9 Å². The fourth-order valence-corrected chi connectivity index (χ4v) is 4.17. The van der Waals surface area contributed by atoms with Crippen LogP contribution in [0.25, 0.3) is 0 Å². The minimum atomic E-state index is -4.02. The molecular formula is C21H18F2N4O4S. The van der Waals surface area contributed by atoms with Crippen molar-refractivity contribution in [2.75, 3.05) is 16.6 Å². The van der Waals surface area contributed by atoms with E-state index in [1.807, 2.05) is 6.92 Å². The molecule has 1 aliphatic heterocycles. The quantitative estimate of drug-likeness (QED) is 0.571. The number of ether oxygens (including phenoxy) is 1. The van der Waals surface area contributed by atoms with E-state index < -0.39 is 21.7 Å². The van der Waals surface area contributed by atoms with E-state index >= 15 is 0 Å². The maximum atomic E-state index is 14.7. The number of hydrogen-bond acceptors (Lipinski definition) is 5. The van der Waals surface area contributed by atoms with Gasteiger partial charge in [0.2, 0.25) is 0 Å². The van der Waals surface area contributed by atoms with Gasteiger partial charge >= 0.3 is 6.03 Å². The predicted octanol–water partition coefficient (Wildman–Crippen LogP) is 4.32. The molecule has 1 aliphatic rings. The van der Waals surface area contributed by atoms with Gasteiger partial charge in [0, 0.05) is 18.8 Å². The number of carbonyl (C=O) groups excluding carboxylic acids is 1. The summed E-state index contributed by atoms with van der Waals surface area (Å²) in [5.74, 6) is -0.866. The van der Waals surface area contributed by atoms with Crippen molar-refractivity contribution in [3.63, 3.8) is 0 Å². The van der Waals surface area contributed by atoms with Crippen molar-refractivity contribution in [2.45, 2.75) is 18.4 Å². The highest BCUT2D eigenvalue weighted by Crippen LogP contribution is 2.34. The number of amides is 2. The molecule has 32 heavy (non-hydrogen) atoms. The number of nitrogens with one attached hydrogen (secondary N) is 2. The molecule has 0 spiro atoms. The summed E-state index contributed by atoms with van der Waals surface area (Å²) in [5, 5.41) is 2.66. The Morgan fingerprint density at radius 3 is 2.56 bits per heavy atom. The van der Waals surface area contributed by atoms with Gasteiger partial charge in [0.05, 0.1) is 22.7 Å². The summed E-state index contributed by atoms with van der Waals surface area (Å²) < 4.78 is 60.5. The molecule has 0 bridgehead atoms. The number of carbonyl (C=O) groups is 1. The zero-order valence-corrected chi connectivity index (χ0v) is 17.6. The van der Waals surface area contributed by atoms with Gasteiger partial charge in [0.1, 0.15) is 17.4 Å². The lowest BCUT2D eigenvalue weighted by Gasteiger charge is -2.28. The summed E-state index contributed by atoms with van der Waals surface area (Å²) in [5.41, 5.74) is 0.565. The van der Waals surface area contributed by atoms with Gasteiger partial charge in [0.15, 0.2) is 11.6 Å². The van der Waals surface area contributed by atoms with Crippen molar-refractivity contribution in [3.05, 3.63) is 71.9 Å². The Balaban J connectivity index is 1.56. The van der Waals surface area contributed by atoms with Crippen molar-refractivity contribution < 1.29 is 26.7 Å². The third-order valence-electron chi connectivity index (χ3n) is 4.78. The first-order valence-corrected chi connectivity index (χ1v) is 11.0. The van der Waals surface area contributed by atoms with Gasteiger partial charge in [-0.15, -0.1) is 0 Å². The molecular weight excluding hydrogens is 442 g/mol. The third kappa shape index (κ3) is 4.33. The monoisotopic (exact) mass is 460 g/mol. The molecule has 166 valence electrons. The van der Waals surface area contributed by atoms with Gasteiger partial charge in [-0.2, -0.15) is 0 Å². The van der Waals surface area contributed by atoms with Crippen LogP contribution in [0.1, 0.15) is 12.5 Å². The number of sulfonamides is 1. The van der Waals surface area contributed by atoms with Crippen LogP contribution < -0.4 is 14.8 Å². The molecule has 2 N–H and O–H groups in total. The highest BCUT2D eigenvalue weighted by Gasteiger charge is 2.25. The van der Waals surface area contributed by atoms with E-state index in [0.29, 0.717) is 23.7 Å². The van der Waals surface area contributed by atoms with Crippen molar-refractivity contribution in [3.8, 4) is 11.5 Å². The topological polar surface area (TPSA) is 101 Å². The Morgan fingerprint density at radius 2 is 1.88 bits per heavy atom. The minimum absolute atomic E-state index is 0.0275. The second-order valence-corrected chi connectivity index (χ2v) is 8.57. The number of urea groups is 1. The second kappa shape index (κ2) is 8.42. The fourth-order valence-electron chi connectivity index (χ4n) is 3.12. The number of hydrogen-bond donors (Lipinski definition) is 2. The summed E-state index contributed by atoms with van der Waals surface area (Å²) >= 11 is 0. The first-order chi connectivity index (χ1) is 15.3. The molecule has 2 aromatic carbocycles. The molecule has 0 fully saturated rings. The first-order valence-electron chi connectivity index (χ1n) is 9.56. The Hall–Kier alpha value is -3.73. The molecule has 0 aliphatic carbocycles. The van der Waals surface area contributed by atoms with Crippen LogP contribution in [-0.2, 0) is 16.6 Å². The highest BCUT2D eigenvalue weighted by molar-refractivity contribution is 7.92. The average molecular weight is 460 g/mol. The largest absolute Gasteiger partial charge is 0.454 e. The van der Waals surface area contributed by atoms with Crippen LogP contribution in [0.15, 0.2) is 59.6 Å². The number of pyridine rings is 1. The number of aromatic nitrogens is 1. The van der Waals surface area contributed by atoms with E-state index in [9.17, 15) is 22.0 Å². The molecule has 0 atom stereocenters. The SMILES string of the molecule is CCN1Cc2c(Oc3ccc(NS(=O)(=O)c4ccc(F)cc4)cc3F)ccnc2NC1=O. The Bertz CT molecular complexity index is 1280. The van der Waals surface area contributed by atoms with E-state index in [1.54, 1.807) is 11.0 Å². The highest BCUT2D eigenvalue weighted by atomic mass is 32.2. The molecule has 3 aromatic rings. The van der Waals surface area contributed by atoms with Crippen LogP contribution in [0.4, 0.5) is 25.1 Å². The summed E-state index contributed by atoms with van der Waals surface area (Å²) in [7, 11) is -4.02. The minimum Gasteiger partial charge on any atom is -0.454 e. The first kappa shape index (κ1) is 21.5. The lowest BCUT2D eigenvalue weighted by atomic mass is 10.2. The number of benzene rings is 2. The Morgan fingerprint density at radius 1 is 1.12 bits per heavy atom. The van der Waals surface area contributed by atoms with Gasteiger partial charge < -0.3 is 9.64 Å². The number of fused-ring (bicyclic) bond motifs is 1. The molecule has 1 aromatic heterocycles. The normalized spacial score (nSPS) is 13.3. The Kier molecular flexibility index (Phi) is 5.66. The lowest BCUT2D eigenvalue weighted by molar-refractivity contribution is 0.209. The average Bonchev–Trinajstić information content (AvgIpc) is 2.75. The van der Waals surface area contributed by atoms with Crippen LogP contribution in [0, 0.1) is 11.6 Å². The molecule has 0 saturated heterocycles. The molecule has 0 unspecified atom stereocenters. The van der Waals surface area contributed by atoms with Gasteiger partial charge in [-0.3, -0.25) is 10.0 Å². The molecule has 2 amide bonds. The van der Waals surface area contributed by atoms with Gasteiger partial charge in [-0.1, -0.05) is 0 Å². The van der Waals surface area contributed by atoms with Crippen LogP contribution in [0.2, 0.25) is 0 Å². The standard InChI is InChI=1S/C21H18F2N4O4S/c1-2-27-12-16-18(9-10-24-20(16)25-21(27)28)31-19-8-5-14(11-17(19)23)26-32(29,30)15-6-3-13(22)4-7-15/h3-11,26H,2,12H2,1H3,(H,24,25,28). The zero-order chi connectivity index (χ0) is 22.9. The molecule has 4 rings (SSSR count). The van der Waals surface area contributed by atoms with E-state index in [0.717, 1.165) is 30.3 Å². The van der Waals surface area contributed by atoms with E-state index in [1.165, 1.54) is 18.3 Å². The maximum absolute atomic E-state index is 14.7. The van der Waals surface area contributed by atoms with Crippen molar-refractivity contribution in [1.82, 2.24) is 9.88 Å². The molecule has 11 heteroatoms. The number of rotatable bonds is 6. The van der Waals surface area contributed by atoms with Crippen molar-refractivity contribution in [2.24, 2.45) is 0 Å². The lowest BCUT2D eigenvalue weighted by Crippen LogP contribution is -2.38.